The molecule has 148 valence electrons. The van der Waals surface area contributed by atoms with Crippen LogP contribution in [0.4, 0.5) is 0 Å². The number of nitrogens with zero attached hydrogens (tertiary/aromatic N) is 1. The minimum absolute atomic E-state index is 0.0485. The van der Waals surface area contributed by atoms with E-state index >= 15 is 0 Å². The Balaban J connectivity index is 2.14. The molecule has 27 heavy (non-hydrogen) atoms. The first-order chi connectivity index (χ1) is 12.4. The first kappa shape index (κ1) is 21.0. The van der Waals surface area contributed by atoms with Crippen LogP contribution in [0.25, 0.3) is 0 Å². The van der Waals surface area contributed by atoms with Crippen molar-refractivity contribution in [3.63, 3.8) is 0 Å². The van der Waals surface area contributed by atoms with Gasteiger partial charge in [-0.15, -0.1) is 0 Å². The van der Waals surface area contributed by atoms with Crippen molar-refractivity contribution in [2.75, 3.05) is 13.2 Å². The van der Waals surface area contributed by atoms with Gasteiger partial charge in [0.05, 0.1) is 10.5 Å². The molecule has 2 rings (SSSR count). The van der Waals surface area contributed by atoms with Crippen LogP contribution in [0.2, 0.25) is 0 Å². The fourth-order valence-corrected chi connectivity index (χ4v) is 4.09. The lowest BCUT2D eigenvalue weighted by atomic mass is 10.1. The molecule has 1 fully saturated rings. The summed E-state index contributed by atoms with van der Waals surface area (Å²) >= 11 is 0. The van der Waals surface area contributed by atoms with Gasteiger partial charge in [-0.2, -0.15) is 0 Å². The topological polar surface area (TPSA) is 110 Å². The summed E-state index contributed by atoms with van der Waals surface area (Å²) in [5.41, 5.74) is -0.120. The van der Waals surface area contributed by atoms with Crippen LogP contribution < -0.4 is 4.72 Å². The molecule has 0 unspecified atom stereocenters. The Kier molecular flexibility index (Phi) is 6.06. The number of esters is 1. The summed E-state index contributed by atoms with van der Waals surface area (Å²) in [6.45, 7) is 6.51. The van der Waals surface area contributed by atoms with Gasteiger partial charge in [0.1, 0.15) is 0 Å². The van der Waals surface area contributed by atoms with E-state index in [4.69, 9.17) is 4.74 Å². The summed E-state index contributed by atoms with van der Waals surface area (Å²) in [5, 5.41) is 0. The zero-order chi connectivity index (χ0) is 20.4. The average Bonchev–Trinajstić information content (AvgIpc) is 2.96. The predicted molar refractivity (Wildman–Crippen MR) is 97.5 cm³/mol. The van der Waals surface area contributed by atoms with Gasteiger partial charge in [0.15, 0.2) is 6.61 Å². The first-order valence-electron chi connectivity index (χ1n) is 8.56. The van der Waals surface area contributed by atoms with Gasteiger partial charge in [0, 0.05) is 18.5 Å². The molecule has 1 aliphatic heterocycles. The highest BCUT2D eigenvalue weighted by Gasteiger charge is 2.28. The number of likely N-dealkylation sites (tertiary alicyclic amines) is 1. The van der Waals surface area contributed by atoms with E-state index in [1.54, 1.807) is 27.7 Å². The Morgan fingerprint density at radius 1 is 1.26 bits per heavy atom. The molecule has 0 aromatic heterocycles. The molecule has 1 aromatic rings. The van der Waals surface area contributed by atoms with E-state index in [2.05, 4.69) is 4.72 Å². The number of nitrogens with one attached hydrogen (secondary N) is 1. The first-order valence-corrected chi connectivity index (χ1v) is 10.0. The molecular weight excluding hydrogens is 372 g/mol. The van der Waals surface area contributed by atoms with Crippen molar-refractivity contribution < 1.29 is 27.5 Å². The van der Waals surface area contributed by atoms with Crippen molar-refractivity contribution in [2.45, 2.75) is 51.0 Å². The van der Waals surface area contributed by atoms with E-state index < -0.39 is 34.0 Å². The standard InChI is InChI=1S/C18H24N2O6S/c1-12-7-8-13(27(24,25)19-18(2,3)4)10-14(12)17(23)26-11-16(22)20-9-5-6-15(20)21/h7-8,10,19H,5-6,9,11H2,1-4H3. The Hall–Kier alpha value is -2.26. The predicted octanol–water partition coefficient (Wildman–Crippen LogP) is 1.38. The summed E-state index contributed by atoms with van der Waals surface area (Å²) in [4.78, 5) is 36.9. The zero-order valence-electron chi connectivity index (χ0n) is 15.9. The number of carbonyl (C=O) groups excluding carboxylic acids is 3. The van der Waals surface area contributed by atoms with E-state index in [9.17, 15) is 22.8 Å². The van der Waals surface area contributed by atoms with E-state index in [-0.39, 0.29) is 16.4 Å². The van der Waals surface area contributed by atoms with Gasteiger partial charge < -0.3 is 4.74 Å². The summed E-state index contributed by atoms with van der Waals surface area (Å²) in [7, 11) is -3.82. The molecule has 1 saturated heterocycles. The molecule has 1 N–H and O–H groups in total. The van der Waals surface area contributed by atoms with Crippen molar-refractivity contribution in [1.29, 1.82) is 0 Å². The summed E-state index contributed by atoms with van der Waals surface area (Å²) in [6, 6.07) is 4.12. The maximum absolute atomic E-state index is 12.4. The summed E-state index contributed by atoms with van der Waals surface area (Å²) in [6.07, 6.45) is 0.901. The smallest absolute Gasteiger partial charge is 0.338 e. The van der Waals surface area contributed by atoms with Crippen LogP contribution in [0.15, 0.2) is 23.1 Å². The maximum atomic E-state index is 12.4. The molecular formula is C18H24N2O6S. The molecule has 0 bridgehead atoms. The molecule has 1 aromatic carbocycles. The number of carbonyl (C=O) groups is 3. The number of benzene rings is 1. The number of aryl methyl sites for hydroxylation is 1. The fourth-order valence-electron chi connectivity index (χ4n) is 2.64. The van der Waals surface area contributed by atoms with Gasteiger partial charge in [-0.3, -0.25) is 14.5 Å². The zero-order valence-corrected chi connectivity index (χ0v) is 16.7. The van der Waals surface area contributed by atoms with Gasteiger partial charge in [0.25, 0.3) is 5.91 Å². The number of hydrogen-bond donors (Lipinski definition) is 1. The molecule has 0 saturated carbocycles. The molecule has 9 heteroatoms. The van der Waals surface area contributed by atoms with Crippen molar-refractivity contribution >= 4 is 27.8 Å². The lowest BCUT2D eigenvalue weighted by Gasteiger charge is -2.20. The highest BCUT2D eigenvalue weighted by Crippen LogP contribution is 2.19. The lowest BCUT2D eigenvalue weighted by molar-refractivity contribution is -0.143. The largest absolute Gasteiger partial charge is 0.452 e. The van der Waals surface area contributed by atoms with Crippen LogP contribution in [0.1, 0.15) is 49.5 Å². The SMILES string of the molecule is Cc1ccc(S(=O)(=O)NC(C)(C)C)cc1C(=O)OCC(=O)N1CCCC1=O. The fraction of sp³-hybridized carbons (Fsp3) is 0.500. The molecule has 0 radical (unpaired) electrons. The van der Waals surface area contributed by atoms with Crippen molar-refractivity contribution in [1.82, 2.24) is 9.62 Å². The third kappa shape index (κ3) is 5.36. The number of sulfonamides is 1. The normalized spacial score (nSPS) is 15.1. The minimum atomic E-state index is -3.82. The van der Waals surface area contributed by atoms with Crippen molar-refractivity contribution in [3.05, 3.63) is 29.3 Å². The Morgan fingerprint density at radius 2 is 1.93 bits per heavy atom. The highest BCUT2D eigenvalue weighted by atomic mass is 32.2. The van der Waals surface area contributed by atoms with Crippen LogP contribution in [-0.2, 0) is 24.3 Å². The van der Waals surface area contributed by atoms with Gasteiger partial charge in [-0.05, 0) is 51.8 Å². The molecule has 8 nitrogen and oxygen atoms in total. The number of imide groups is 1. The van der Waals surface area contributed by atoms with E-state index in [0.29, 0.717) is 24.9 Å². The number of ether oxygens (including phenoxy) is 1. The summed E-state index contributed by atoms with van der Waals surface area (Å²) in [5.74, 6) is -1.68. The molecule has 2 amide bonds. The molecule has 0 spiro atoms. The van der Waals surface area contributed by atoms with Crippen LogP contribution in [-0.4, -0.2) is 49.8 Å². The molecule has 1 heterocycles. The van der Waals surface area contributed by atoms with Crippen LogP contribution in [0.3, 0.4) is 0 Å². The van der Waals surface area contributed by atoms with E-state index in [1.165, 1.54) is 18.2 Å². The Bertz CT molecular complexity index is 870. The number of amides is 2. The van der Waals surface area contributed by atoms with Crippen molar-refractivity contribution in [3.8, 4) is 0 Å². The second kappa shape index (κ2) is 7.77. The Morgan fingerprint density at radius 3 is 2.48 bits per heavy atom. The maximum Gasteiger partial charge on any atom is 0.338 e. The van der Waals surface area contributed by atoms with Crippen molar-refractivity contribution in [2.24, 2.45) is 0 Å². The Labute approximate surface area is 158 Å². The van der Waals surface area contributed by atoms with Crippen LogP contribution >= 0.6 is 0 Å². The summed E-state index contributed by atoms with van der Waals surface area (Å²) < 4.78 is 32.4. The second-order valence-corrected chi connectivity index (χ2v) is 9.13. The van der Waals surface area contributed by atoms with Gasteiger partial charge >= 0.3 is 5.97 Å². The number of hydrogen-bond acceptors (Lipinski definition) is 6. The average molecular weight is 396 g/mol. The highest BCUT2D eigenvalue weighted by molar-refractivity contribution is 7.89. The quantitative estimate of drug-likeness (QED) is 0.753. The van der Waals surface area contributed by atoms with Gasteiger partial charge in [-0.25, -0.2) is 17.9 Å². The number of rotatable bonds is 5. The van der Waals surface area contributed by atoms with Crippen LogP contribution in [0.5, 0.6) is 0 Å². The molecule has 1 aliphatic rings. The van der Waals surface area contributed by atoms with Gasteiger partial charge in [0.2, 0.25) is 15.9 Å². The van der Waals surface area contributed by atoms with E-state index in [0.717, 1.165) is 4.90 Å². The monoisotopic (exact) mass is 396 g/mol. The van der Waals surface area contributed by atoms with Crippen LogP contribution in [0, 0.1) is 6.92 Å². The van der Waals surface area contributed by atoms with E-state index in [1.807, 2.05) is 0 Å². The lowest BCUT2D eigenvalue weighted by Crippen LogP contribution is -2.40. The van der Waals surface area contributed by atoms with Gasteiger partial charge in [-0.1, -0.05) is 6.07 Å². The second-order valence-electron chi connectivity index (χ2n) is 7.45. The minimum Gasteiger partial charge on any atom is -0.452 e. The molecule has 0 atom stereocenters. The third-order valence-electron chi connectivity index (χ3n) is 3.88. The third-order valence-corrected chi connectivity index (χ3v) is 5.64. The molecule has 0 aliphatic carbocycles.